The molecule has 1 amide bonds. The van der Waals surface area contributed by atoms with Gasteiger partial charge in [0.1, 0.15) is 0 Å². The van der Waals surface area contributed by atoms with E-state index in [1.807, 2.05) is 17.0 Å². The molecule has 3 aromatic rings. The average molecular weight is 393 g/mol. The van der Waals surface area contributed by atoms with E-state index in [1.54, 1.807) is 19.3 Å². The number of pyridine rings is 1. The van der Waals surface area contributed by atoms with Gasteiger partial charge in [-0.3, -0.25) is 9.78 Å². The number of hydrogen-bond acceptors (Lipinski definition) is 7. The Labute approximate surface area is 168 Å². The van der Waals surface area contributed by atoms with Crippen molar-refractivity contribution in [2.24, 2.45) is 5.92 Å². The number of carbonyl (C=O) groups excluding carboxylic acids is 1. The van der Waals surface area contributed by atoms with Gasteiger partial charge >= 0.3 is 0 Å². The largest absolute Gasteiger partial charge is 0.438 e. The van der Waals surface area contributed by atoms with Gasteiger partial charge in [0.25, 0.3) is 11.8 Å². The van der Waals surface area contributed by atoms with Crippen molar-refractivity contribution >= 4 is 5.91 Å². The van der Waals surface area contributed by atoms with Crippen molar-refractivity contribution in [3.8, 4) is 11.5 Å². The van der Waals surface area contributed by atoms with Crippen LogP contribution in [0.15, 0.2) is 39.9 Å². The van der Waals surface area contributed by atoms with Gasteiger partial charge < -0.3 is 13.8 Å². The molecule has 0 spiro atoms. The molecule has 8 nitrogen and oxygen atoms in total. The Bertz CT molecular complexity index is 1010. The lowest BCUT2D eigenvalue weighted by Crippen LogP contribution is -2.49. The van der Waals surface area contributed by atoms with Crippen molar-refractivity contribution in [2.45, 2.75) is 44.4 Å². The number of nitrogens with zero attached hydrogens (tertiary/aromatic N) is 5. The predicted octanol–water partition coefficient (Wildman–Crippen LogP) is 3.40. The maximum absolute atomic E-state index is 13.0. The smallest absolute Gasteiger partial charge is 0.291 e. The molecule has 4 heterocycles. The van der Waals surface area contributed by atoms with Crippen molar-refractivity contribution in [1.82, 2.24) is 25.0 Å². The monoisotopic (exact) mass is 393 g/mol. The Morgan fingerprint density at radius 1 is 1.38 bits per heavy atom. The second-order valence-electron chi connectivity index (χ2n) is 8.19. The highest BCUT2D eigenvalue weighted by atomic mass is 16.5. The van der Waals surface area contributed by atoms with Crippen molar-refractivity contribution in [3.05, 3.63) is 48.2 Å². The summed E-state index contributed by atoms with van der Waals surface area (Å²) < 4.78 is 10.9. The maximum Gasteiger partial charge on any atom is 0.291 e. The standard InChI is InChI=1S/C21H23N5O3/c1-14-17(28-13-23-14)19(27)26-9-3-7-21(12-26,10-15-5-6-15)20-24-18(29-25-20)16-4-2-8-22-11-16/h2,4,8,11,13,15H,3,5-7,9-10,12H2,1H3. The Morgan fingerprint density at radius 3 is 3.00 bits per heavy atom. The number of amides is 1. The molecule has 1 saturated heterocycles. The van der Waals surface area contributed by atoms with E-state index in [-0.39, 0.29) is 11.3 Å². The number of carbonyl (C=O) groups is 1. The number of oxazole rings is 1. The zero-order valence-corrected chi connectivity index (χ0v) is 16.4. The van der Waals surface area contributed by atoms with E-state index < -0.39 is 0 Å². The first-order chi connectivity index (χ1) is 14.1. The van der Waals surface area contributed by atoms with Crippen LogP contribution in [-0.4, -0.2) is 44.0 Å². The maximum atomic E-state index is 13.0. The van der Waals surface area contributed by atoms with Crippen LogP contribution in [0.2, 0.25) is 0 Å². The minimum absolute atomic E-state index is 0.115. The summed E-state index contributed by atoms with van der Waals surface area (Å²) in [6, 6.07) is 3.75. The highest BCUT2D eigenvalue weighted by molar-refractivity contribution is 5.92. The zero-order valence-electron chi connectivity index (χ0n) is 16.4. The molecule has 8 heteroatoms. The van der Waals surface area contributed by atoms with Crippen LogP contribution >= 0.6 is 0 Å². The second kappa shape index (κ2) is 7.09. The second-order valence-corrected chi connectivity index (χ2v) is 8.19. The number of hydrogen-bond donors (Lipinski definition) is 0. The Kier molecular flexibility index (Phi) is 4.41. The van der Waals surface area contributed by atoms with Crippen LogP contribution in [0.4, 0.5) is 0 Å². The fourth-order valence-electron chi connectivity index (χ4n) is 4.32. The predicted molar refractivity (Wildman–Crippen MR) is 103 cm³/mol. The third-order valence-electron chi connectivity index (χ3n) is 5.99. The van der Waals surface area contributed by atoms with E-state index in [0.29, 0.717) is 42.2 Å². The number of likely N-dealkylation sites (tertiary alicyclic amines) is 1. The molecule has 2 aliphatic rings. The quantitative estimate of drug-likeness (QED) is 0.655. The summed E-state index contributed by atoms with van der Waals surface area (Å²) >= 11 is 0. The number of aromatic nitrogens is 4. The molecule has 5 rings (SSSR count). The molecule has 0 bridgehead atoms. The minimum atomic E-state index is -0.299. The minimum Gasteiger partial charge on any atom is -0.438 e. The number of piperidine rings is 1. The Balaban J connectivity index is 1.46. The van der Waals surface area contributed by atoms with Crippen LogP contribution in [0.3, 0.4) is 0 Å². The average Bonchev–Trinajstić information content (AvgIpc) is 3.24. The molecule has 1 atom stereocenters. The fourth-order valence-corrected chi connectivity index (χ4v) is 4.32. The number of rotatable bonds is 5. The molecule has 0 aromatic carbocycles. The lowest BCUT2D eigenvalue weighted by molar-refractivity contribution is 0.0575. The van der Waals surface area contributed by atoms with Crippen LogP contribution in [0.5, 0.6) is 0 Å². The van der Waals surface area contributed by atoms with E-state index in [4.69, 9.17) is 13.9 Å². The van der Waals surface area contributed by atoms with Gasteiger partial charge in [-0.1, -0.05) is 18.0 Å². The Morgan fingerprint density at radius 2 is 2.28 bits per heavy atom. The summed E-state index contributed by atoms with van der Waals surface area (Å²) in [7, 11) is 0. The van der Waals surface area contributed by atoms with Gasteiger partial charge in [0.15, 0.2) is 12.2 Å². The Hall–Kier alpha value is -3.03. The molecular weight excluding hydrogens is 370 g/mol. The van der Waals surface area contributed by atoms with Crippen molar-refractivity contribution in [2.75, 3.05) is 13.1 Å². The van der Waals surface area contributed by atoms with Gasteiger partial charge in [-0.05, 0) is 44.2 Å². The van der Waals surface area contributed by atoms with Crippen molar-refractivity contribution in [1.29, 1.82) is 0 Å². The zero-order chi connectivity index (χ0) is 19.8. The summed E-state index contributed by atoms with van der Waals surface area (Å²) in [6.07, 6.45) is 10.0. The van der Waals surface area contributed by atoms with Crippen molar-refractivity contribution < 1.29 is 13.7 Å². The summed E-state index contributed by atoms with van der Waals surface area (Å²) in [4.78, 5) is 27.8. The molecule has 29 heavy (non-hydrogen) atoms. The molecule has 3 aromatic heterocycles. The lowest BCUT2D eigenvalue weighted by atomic mass is 9.74. The van der Waals surface area contributed by atoms with Gasteiger partial charge in [-0.15, -0.1) is 0 Å². The third-order valence-corrected chi connectivity index (χ3v) is 5.99. The van der Waals surface area contributed by atoms with Crippen LogP contribution in [0.1, 0.15) is 54.2 Å². The molecule has 150 valence electrons. The lowest BCUT2D eigenvalue weighted by Gasteiger charge is -2.40. The first kappa shape index (κ1) is 18.0. The summed E-state index contributed by atoms with van der Waals surface area (Å²) in [5, 5.41) is 4.36. The van der Waals surface area contributed by atoms with Gasteiger partial charge in [0.2, 0.25) is 5.76 Å². The molecule has 2 fully saturated rings. The van der Waals surface area contributed by atoms with Gasteiger partial charge in [0, 0.05) is 25.5 Å². The molecule has 1 aliphatic carbocycles. The third kappa shape index (κ3) is 3.43. The molecule has 1 saturated carbocycles. The molecule has 1 unspecified atom stereocenters. The van der Waals surface area contributed by atoms with E-state index in [1.165, 1.54) is 19.2 Å². The molecule has 0 radical (unpaired) electrons. The normalized spacial score (nSPS) is 22.0. The first-order valence-corrected chi connectivity index (χ1v) is 10.1. The van der Waals surface area contributed by atoms with E-state index in [2.05, 4.69) is 15.1 Å². The van der Waals surface area contributed by atoms with Crippen LogP contribution in [0.25, 0.3) is 11.5 Å². The van der Waals surface area contributed by atoms with Crippen LogP contribution < -0.4 is 0 Å². The topological polar surface area (TPSA) is 98.2 Å². The van der Waals surface area contributed by atoms with Gasteiger partial charge in [0.05, 0.1) is 16.7 Å². The SMILES string of the molecule is Cc1ncoc1C(=O)N1CCCC(CC2CC2)(c2noc(-c3cccnc3)n2)C1. The van der Waals surface area contributed by atoms with Crippen LogP contribution in [-0.2, 0) is 5.41 Å². The molecule has 1 aliphatic heterocycles. The number of aryl methyl sites for hydroxylation is 1. The summed E-state index contributed by atoms with van der Waals surface area (Å²) in [5.41, 5.74) is 1.12. The molecule has 0 N–H and O–H groups in total. The highest BCUT2D eigenvalue weighted by Crippen LogP contribution is 2.46. The first-order valence-electron chi connectivity index (χ1n) is 10.1. The summed E-state index contributed by atoms with van der Waals surface area (Å²) in [6.45, 7) is 3.05. The highest BCUT2D eigenvalue weighted by Gasteiger charge is 2.46. The molecular formula is C21H23N5O3. The van der Waals surface area contributed by atoms with Crippen molar-refractivity contribution in [3.63, 3.8) is 0 Å². The van der Waals surface area contributed by atoms with E-state index in [0.717, 1.165) is 24.8 Å². The van der Waals surface area contributed by atoms with Gasteiger partial charge in [-0.25, -0.2) is 4.98 Å². The van der Waals surface area contributed by atoms with E-state index in [9.17, 15) is 4.79 Å². The van der Waals surface area contributed by atoms with E-state index >= 15 is 0 Å². The van der Waals surface area contributed by atoms with Gasteiger partial charge in [-0.2, -0.15) is 4.98 Å². The van der Waals surface area contributed by atoms with Crippen LogP contribution in [0, 0.1) is 12.8 Å². The fraction of sp³-hybridized carbons (Fsp3) is 0.476. The summed E-state index contributed by atoms with van der Waals surface area (Å²) in [5.74, 6) is 2.03.